The minimum Gasteiger partial charge on any atom is -0.103 e. The van der Waals surface area contributed by atoms with Gasteiger partial charge in [-0.1, -0.05) is 70.4 Å². The van der Waals surface area contributed by atoms with Crippen molar-refractivity contribution in [3.05, 3.63) is 25.3 Å². The summed E-state index contributed by atoms with van der Waals surface area (Å²) in [6, 6.07) is 0.577. The van der Waals surface area contributed by atoms with Crippen LogP contribution in [0.15, 0.2) is 25.3 Å². The Kier molecular flexibility index (Phi) is 10.6. The van der Waals surface area contributed by atoms with Crippen LogP contribution in [0.2, 0.25) is 0 Å². The fraction of sp³-hybridized carbons (Fsp3) is 0.750. The molecule has 0 rings (SSSR count). The van der Waals surface area contributed by atoms with Crippen molar-refractivity contribution >= 4 is 0 Å². The average molecular weight is 223 g/mol. The number of rotatable bonds is 12. The molecule has 0 aromatic carbocycles. The van der Waals surface area contributed by atoms with E-state index >= 15 is 0 Å². The third kappa shape index (κ3) is 10.0. The highest BCUT2D eigenvalue weighted by molar-refractivity contribution is 4.84. The minimum atomic E-state index is 0.340. The maximum atomic E-state index is 7.59. The molecule has 0 aliphatic carbocycles. The molecule has 16 heavy (non-hydrogen) atoms. The molecule has 1 unspecified atom stereocenters. The Hall–Kier alpha value is -0.520. The lowest BCUT2D eigenvalue weighted by atomic mass is 9.97. The van der Waals surface area contributed by atoms with Gasteiger partial charge in [0, 0.05) is 0 Å². The van der Waals surface area contributed by atoms with E-state index in [1.54, 1.807) is 0 Å². The highest BCUT2D eigenvalue weighted by Crippen LogP contribution is 2.16. The van der Waals surface area contributed by atoms with E-state index in [-0.39, 0.29) is 0 Å². The van der Waals surface area contributed by atoms with E-state index in [4.69, 9.17) is 1.37 Å². The van der Waals surface area contributed by atoms with Crippen LogP contribution in [-0.4, -0.2) is 0 Å². The van der Waals surface area contributed by atoms with Crippen molar-refractivity contribution in [2.24, 2.45) is 5.92 Å². The Morgan fingerprint density at radius 1 is 1.00 bits per heavy atom. The molecule has 0 saturated carbocycles. The van der Waals surface area contributed by atoms with Gasteiger partial charge in [0.15, 0.2) is 0 Å². The van der Waals surface area contributed by atoms with Gasteiger partial charge < -0.3 is 0 Å². The van der Waals surface area contributed by atoms with Crippen LogP contribution in [0.5, 0.6) is 0 Å². The van der Waals surface area contributed by atoms with Gasteiger partial charge in [0.2, 0.25) is 0 Å². The minimum absolute atomic E-state index is 0.340. The zero-order valence-corrected chi connectivity index (χ0v) is 11.1. The fourth-order valence-corrected chi connectivity index (χ4v) is 2.03. The van der Waals surface area contributed by atoms with Crippen LogP contribution in [0.4, 0.5) is 0 Å². The Balaban J connectivity index is 3.36. The molecule has 0 aliphatic heterocycles. The Morgan fingerprint density at radius 3 is 2.06 bits per heavy atom. The topological polar surface area (TPSA) is 0 Å². The lowest BCUT2D eigenvalue weighted by molar-refractivity contribution is 0.516. The molecule has 0 heterocycles. The van der Waals surface area contributed by atoms with Crippen LogP contribution in [0.3, 0.4) is 0 Å². The van der Waals surface area contributed by atoms with Crippen LogP contribution in [0.1, 0.15) is 72.5 Å². The molecule has 0 aliphatic rings. The molecule has 0 aromatic rings. The molecular weight excluding hydrogens is 192 g/mol. The number of hydrogen-bond donors (Lipinski definition) is 0. The second-order valence-corrected chi connectivity index (χ2v) is 4.69. The molecule has 0 bridgehead atoms. The molecule has 0 fully saturated rings. The van der Waals surface area contributed by atoms with Crippen LogP contribution in [0.25, 0.3) is 0 Å². The first-order chi connectivity index (χ1) is 8.22. The maximum Gasteiger partial charge on any atom is 0.0573 e. The van der Waals surface area contributed by atoms with Gasteiger partial charge in [0.1, 0.15) is 0 Å². The normalized spacial score (nSPS) is 13.2. The molecule has 0 saturated heterocycles. The summed E-state index contributed by atoms with van der Waals surface area (Å²) in [6.45, 7) is 9.74. The Labute approximate surface area is 104 Å². The van der Waals surface area contributed by atoms with Crippen LogP contribution < -0.4 is 0 Å². The standard InChI is InChI=1S/C16H30/c1-4-7-8-9-10-11-12-13-15-16(6-3)14-5-2/h5-6,16H,2-4,7-15H2,1H3/i6D. The molecular formula is C16H30. The van der Waals surface area contributed by atoms with Gasteiger partial charge in [-0.3, -0.25) is 0 Å². The smallest absolute Gasteiger partial charge is 0.0573 e. The number of unbranched alkanes of at least 4 members (excludes halogenated alkanes) is 7. The van der Waals surface area contributed by atoms with E-state index in [9.17, 15) is 0 Å². The van der Waals surface area contributed by atoms with Crippen molar-refractivity contribution in [3.8, 4) is 0 Å². The van der Waals surface area contributed by atoms with Crippen LogP contribution in [-0.2, 0) is 0 Å². The number of hydrogen-bond acceptors (Lipinski definition) is 0. The van der Waals surface area contributed by atoms with E-state index in [2.05, 4.69) is 20.1 Å². The highest BCUT2D eigenvalue weighted by Gasteiger charge is 2.00. The van der Waals surface area contributed by atoms with E-state index < -0.39 is 0 Å². The quantitative estimate of drug-likeness (QED) is 0.285. The molecule has 0 amide bonds. The van der Waals surface area contributed by atoms with Crippen molar-refractivity contribution in [2.45, 2.75) is 71.1 Å². The van der Waals surface area contributed by atoms with Crippen molar-refractivity contribution < 1.29 is 1.37 Å². The first-order valence-electron chi connectivity index (χ1n) is 7.48. The lowest BCUT2D eigenvalue weighted by Gasteiger charge is -2.09. The molecule has 0 aromatic heterocycles. The van der Waals surface area contributed by atoms with Gasteiger partial charge in [0.05, 0.1) is 1.37 Å². The summed E-state index contributed by atoms with van der Waals surface area (Å²) in [5.74, 6) is 0.340. The molecule has 0 nitrogen and oxygen atoms in total. The Bertz CT molecular complexity index is 196. The summed E-state index contributed by atoms with van der Waals surface area (Å²) in [4.78, 5) is 0. The predicted molar refractivity (Wildman–Crippen MR) is 75.7 cm³/mol. The summed E-state index contributed by atoms with van der Waals surface area (Å²) in [5.41, 5.74) is 0. The van der Waals surface area contributed by atoms with Crippen molar-refractivity contribution in [1.29, 1.82) is 0 Å². The summed E-state index contributed by atoms with van der Waals surface area (Å²) in [7, 11) is 0. The molecule has 0 spiro atoms. The van der Waals surface area contributed by atoms with Gasteiger partial charge in [0.25, 0.3) is 0 Å². The third-order valence-corrected chi connectivity index (χ3v) is 3.15. The molecule has 0 radical (unpaired) electrons. The highest BCUT2D eigenvalue weighted by atomic mass is 14.1. The predicted octanol–water partition coefficient (Wildman–Crippen LogP) is 5.90. The zero-order chi connectivity index (χ0) is 12.9. The first kappa shape index (κ1) is 13.5. The zero-order valence-electron chi connectivity index (χ0n) is 12.1. The van der Waals surface area contributed by atoms with E-state index in [1.165, 1.54) is 51.4 Å². The second kappa shape index (κ2) is 12.5. The third-order valence-electron chi connectivity index (χ3n) is 3.15. The summed E-state index contributed by atoms with van der Waals surface area (Å²) in [6.07, 6.45) is 14.8. The van der Waals surface area contributed by atoms with Crippen molar-refractivity contribution in [3.63, 3.8) is 0 Å². The number of allylic oxidation sites excluding steroid dienone is 2. The lowest BCUT2D eigenvalue weighted by Crippen LogP contribution is -1.94. The molecule has 1 atom stereocenters. The van der Waals surface area contributed by atoms with Crippen molar-refractivity contribution in [2.75, 3.05) is 0 Å². The Morgan fingerprint density at radius 2 is 1.56 bits per heavy atom. The van der Waals surface area contributed by atoms with Gasteiger partial charge >= 0.3 is 0 Å². The van der Waals surface area contributed by atoms with E-state index in [0.717, 1.165) is 12.8 Å². The molecule has 0 heteroatoms. The monoisotopic (exact) mass is 223 g/mol. The summed E-state index contributed by atoms with van der Waals surface area (Å²) in [5, 5.41) is 0. The summed E-state index contributed by atoms with van der Waals surface area (Å²) >= 11 is 0. The van der Waals surface area contributed by atoms with Crippen LogP contribution in [0, 0.1) is 5.92 Å². The van der Waals surface area contributed by atoms with Gasteiger partial charge in [-0.05, 0) is 18.8 Å². The maximum absolute atomic E-state index is 7.59. The van der Waals surface area contributed by atoms with Crippen LogP contribution >= 0.6 is 0 Å². The molecule has 94 valence electrons. The van der Waals surface area contributed by atoms with E-state index in [0.29, 0.717) is 12.0 Å². The van der Waals surface area contributed by atoms with Gasteiger partial charge in [-0.2, -0.15) is 0 Å². The largest absolute Gasteiger partial charge is 0.103 e. The summed E-state index contributed by atoms with van der Waals surface area (Å²) < 4.78 is 7.59. The first-order valence-corrected chi connectivity index (χ1v) is 6.98. The van der Waals surface area contributed by atoms with E-state index in [1.807, 2.05) is 6.08 Å². The van der Waals surface area contributed by atoms with Crippen molar-refractivity contribution in [1.82, 2.24) is 0 Å². The SMILES string of the molecule is [2H]C(=C)C(CC=C)CCCCCCCCCC. The van der Waals surface area contributed by atoms with Gasteiger partial charge in [-0.25, -0.2) is 0 Å². The molecule has 0 N–H and O–H groups in total. The fourth-order valence-electron chi connectivity index (χ4n) is 2.03. The van der Waals surface area contributed by atoms with Gasteiger partial charge in [-0.15, -0.1) is 13.2 Å². The second-order valence-electron chi connectivity index (χ2n) is 4.69. The average Bonchev–Trinajstić information content (AvgIpc) is 2.31.